The lowest BCUT2D eigenvalue weighted by Crippen LogP contribution is -2.27. The Morgan fingerprint density at radius 2 is 1.84 bits per heavy atom. The highest BCUT2D eigenvalue weighted by molar-refractivity contribution is 8.26. The number of ether oxygens (including phenoxy) is 1. The number of hydrogen-bond donors (Lipinski definition) is 0. The van der Waals surface area contributed by atoms with E-state index in [1.54, 1.807) is 4.90 Å². The van der Waals surface area contributed by atoms with E-state index in [0.717, 1.165) is 16.9 Å². The molecule has 2 aromatic carbocycles. The minimum atomic E-state index is -0.0273. The molecule has 0 atom stereocenters. The third-order valence-corrected chi connectivity index (χ3v) is 5.32. The van der Waals surface area contributed by atoms with Crippen LogP contribution in [0.2, 0.25) is 5.02 Å². The molecule has 1 amide bonds. The molecule has 1 aliphatic rings. The maximum Gasteiger partial charge on any atom is 0.266 e. The summed E-state index contributed by atoms with van der Waals surface area (Å²) in [6.45, 7) is 2.99. The molecule has 1 aliphatic heterocycles. The molecule has 3 nitrogen and oxygen atoms in total. The van der Waals surface area contributed by atoms with Crippen LogP contribution >= 0.6 is 35.6 Å². The van der Waals surface area contributed by atoms with Crippen LogP contribution in [0.1, 0.15) is 18.1 Å². The lowest BCUT2D eigenvalue weighted by Gasteiger charge is -2.09. The van der Waals surface area contributed by atoms with Crippen LogP contribution < -0.4 is 4.74 Å². The van der Waals surface area contributed by atoms with E-state index in [9.17, 15) is 4.79 Å². The van der Waals surface area contributed by atoms with Crippen LogP contribution in [-0.2, 0) is 11.4 Å². The molecule has 0 saturated carbocycles. The first kappa shape index (κ1) is 18.0. The van der Waals surface area contributed by atoms with Crippen LogP contribution in [0.25, 0.3) is 6.08 Å². The van der Waals surface area contributed by atoms with E-state index < -0.39 is 0 Å². The van der Waals surface area contributed by atoms with Gasteiger partial charge >= 0.3 is 0 Å². The van der Waals surface area contributed by atoms with Crippen LogP contribution in [0.3, 0.4) is 0 Å². The first-order valence-electron chi connectivity index (χ1n) is 7.79. The fourth-order valence-electron chi connectivity index (χ4n) is 2.33. The highest BCUT2D eigenvalue weighted by Gasteiger charge is 2.30. The van der Waals surface area contributed by atoms with Gasteiger partial charge in [-0.3, -0.25) is 9.69 Å². The molecule has 0 unspecified atom stereocenters. The zero-order valence-electron chi connectivity index (χ0n) is 13.6. The molecule has 0 N–H and O–H groups in total. The lowest BCUT2D eigenvalue weighted by molar-refractivity contribution is -0.121. The predicted molar refractivity (Wildman–Crippen MR) is 108 cm³/mol. The normalized spacial score (nSPS) is 15.9. The highest BCUT2D eigenvalue weighted by Crippen LogP contribution is 2.32. The predicted octanol–water partition coefficient (Wildman–Crippen LogP) is 5.14. The molecule has 2 aromatic rings. The first-order chi connectivity index (χ1) is 12.1. The van der Waals surface area contributed by atoms with Crippen molar-refractivity contribution in [2.45, 2.75) is 13.5 Å². The fraction of sp³-hybridized carbons (Fsp3) is 0.158. The highest BCUT2D eigenvalue weighted by atomic mass is 35.5. The summed E-state index contributed by atoms with van der Waals surface area (Å²) in [5.74, 6) is 0.744. The van der Waals surface area contributed by atoms with E-state index in [1.165, 1.54) is 11.8 Å². The average molecular weight is 390 g/mol. The van der Waals surface area contributed by atoms with Crippen molar-refractivity contribution >= 4 is 51.9 Å². The van der Waals surface area contributed by atoms with Gasteiger partial charge in [-0.05, 0) is 48.4 Å². The number of halogens is 1. The summed E-state index contributed by atoms with van der Waals surface area (Å²) < 4.78 is 6.38. The summed E-state index contributed by atoms with van der Waals surface area (Å²) in [7, 11) is 0. The second-order valence-corrected chi connectivity index (χ2v) is 7.52. The summed E-state index contributed by atoms with van der Waals surface area (Å²) in [5, 5.41) is 0.710. The quantitative estimate of drug-likeness (QED) is 0.523. The summed E-state index contributed by atoms with van der Waals surface area (Å²) >= 11 is 12.4. The van der Waals surface area contributed by atoms with Crippen LogP contribution in [0.4, 0.5) is 0 Å². The third-order valence-electron chi connectivity index (χ3n) is 3.69. The Morgan fingerprint density at radius 3 is 2.44 bits per heavy atom. The number of carbonyl (C=O) groups excluding carboxylic acids is 1. The molecular weight excluding hydrogens is 374 g/mol. The van der Waals surface area contributed by atoms with Crippen molar-refractivity contribution < 1.29 is 9.53 Å². The number of rotatable bonds is 5. The van der Waals surface area contributed by atoms with Gasteiger partial charge < -0.3 is 4.74 Å². The number of likely N-dealkylation sites (N-methyl/N-ethyl adjacent to an activating group) is 1. The Balaban J connectivity index is 1.64. The second-order valence-electron chi connectivity index (χ2n) is 5.41. The lowest BCUT2D eigenvalue weighted by atomic mass is 10.2. The van der Waals surface area contributed by atoms with Crippen LogP contribution in [0.5, 0.6) is 5.75 Å². The van der Waals surface area contributed by atoms with Crippen molar-refractivity contribution in [3.05, 3.63) is 69.6 Å². The van der Waals surface area contributed by atoms with Crippen molar-refractivity contribution in [1.82, 2.24) is 4.90 Å². The first-order valence-corrected chi connectivity index (χ1v) is 9.40. The number of hydrogen-bond acceptors (Lipinski definition) is 4. The summed E-state index contributed by atoms with van der Waals surface area (Å²) in [6, 6.07) is 15.2. The minimum absolute atomic E-state index is 0.0273. The van der Waals surface area contributed by atoms with E-state index in [2.05, 4.69) is 0 Å². The molecule has 0 radical (unpaired) electrons. The van der Waals surface area contributed by atoms with Crippen LogP contribution in [0, 0.1) is 0 Å². The number of amides is 1. The minimum Gasteiger partial charge on any atom is -0.489 e. The van der Waals surface area contributed by atoms with Crippen molar-refractivity contribution in [1.29, 1.82) is 0 Å². The fourth-order valence-corrected chi connectivity index (χ4v) is 3.84. The standard InChI is InChI=1S/C19H16ClNO2S2/c1-2-21-18(22)17(25-19(21)24)11-13-5-9-16(10-6-13)23-12-14-3-7-15(20)8-4-14/h3-11H,2,12H2,1H3/b17-11+. The molecule has 0 bridgehead atoms. The van der Waals surface area contributed by atoms with Gasteiger partial charge in [0.25, 0.3) is 5.91 Å². The Hall–Kier alpha value is -1.82. The topological polar surface area (TPSA) is 29.5 Å². The van der Waals surface area contributed by atoms with Gasteiger partial charge in [0, 0.05) is 11.6 Å². The number of nitrogens with zero attached hydrogens (tertiary/aromatic N) is 1. The van der Waals surface area contributed by atoms with E-state index in [-0.39, 0.29) is 5.91 Å². The molecular formula is C19H16ClNO2S2. The molecule has 1 saturated heterocycles. The Morgan fingerprint density at radius 1 is 1.16 bits per heavy atom. The molecule has 1 heterocycles. The Bertz CT molecular complexity index is 816. The molecule has 0 aromatic heterocycles. The van der Waals surface area contributed by atoms with E-state index in [0.29, 0.717) is 27.4 Å². The molecule has 0 aliphatic carbocycles. The average Bonchev–Trinajstić information content (AvgIpc) is 2.88. The van der Waals surface area contributed by atoms with Crippen molar-refractivity contribution in [2.75, 3.05) is 6.54 Å². The van der Waals surface area contributed by atoms with Crippen molar-refractivity contribution in [3.63, 3.8) is 0 Å². The molecule has 25 heavy (non-hydrogen) atoms. The van der Waals surface area contributed by atoms with Gasteiger partial charge in [-0.15, -0.1) is 0 Å². The molecule has 0 spiro atoms. The Kier molecular flexibility index (Phi) is 5.78. The third kappa shape index (κ3) is 4.42. The number of thioether (sulfide) groups is 1. The molecule has 128 valence electrons. The maximum atomic E-state index is 12.2. The zero-order valence-corrected chi connectivity index (χ0v) is 16.0. The Labute approximate surface area is 161 Å². The monoisotopic (exact) mass is 389 g/mol. The smallest absolute Gasteiger partial charge is 0.266 e. The number of thiocarbonyl (C=S) groups is 1. The van der Waals surface area contributed by atoms with Gasteiger partial charge in [0.15, 0.2) is 0 Å². The van der Waals surface area contributed by atoms with Crippen LogP contribution in [-0.4, -0.2) is 21.7 Å². The van der Waals surface area contributed by atoms with Gasteiger partial charge in [0.05, 0.1) is 4.91 Å². The van der Waals surface area contributed by atoms with Gasteiger partial charge in [-0.1, -0.05) is 59.8 Å². The second kappa shape index (κ2) is 8.04. The zero-order chi connectivity index (χ0) is 17.8. The van der Waals surface area contributed by atoms with E-state index in [1.807, 2.05) is 61.5 Å². The maximum absolute atomic E-state index is 12.2. The number of benzene rings is 2. The van der Waals surface area contributed by atoms with Gasteiger partial charge in [-0.25, -0.2) is 0 Å². The van der Waals surface area contributed by atoms with Crippen LogP contribution in [0.15, 0.2) is 53.4 Å². The summed E-state index contributed by atoms with van der Waals surface area (Å²) in [5.41, 5.74) is 1.99. The van der Waals surface area contributed by atoms with E-state index >= 15 is 0 Å². The van der Waals surface area contributed by atoms with Crippen molar-refractivity contribution in [3.8, 4) is 5.75 Å². The number of carbonyl (C=O) groups is 1. The largest absolute Gasteiger partial charge is 0.489 e. The summed E-state index contributed by atoms with van der Waals surface area (Å²) in [4.78, 5) is 14.5. The van der Waals surface area contributed by atoms with Gasteiger partial charge in [0.1, 0.15) is 16.7 Å². The van der Waals surface area contributed by atoms with E-state index in [4.69, 9.17) is 28.6 Å². The van der Waals surface area contributed by atoms with Crippen molar-refractivity contribution in [2.24, 2.45) is 0 Å². The molecule has 6 heteroatoms. The van der Waals surface area contributed by atoms with Gasteiger partial charge in [-0.2, -0.15) is 0 Å². The molecule has 3 rings (SSSR count). The van der Waals surface area contributed by atoms with Gasteiger partial charge in [0.2, 0.25) is 0 Å². The molecule has 1 fully saturated rings. The summed E-state index contributed by atoms with van der Waals surface area (Å²) in [6.07, 6.45) is 1.86. The SMILES string of the molecule is CCN1C(=O)/C(=C\c2ccc(OCc3ccc(Cl)cc3)cc2)SC1=S.